The van der Waals surface area contributed by atoms with Crippen molar-refractivity contribution < 1.29 is 19.0 Å². The molecule has 1 aromatic carbocycles. The molecule has 0 bridgehead atoms. The monoisotopic (exact) mass is 494 g/mol. The molecule has 3 N–H and O–H groups in total. The van der Waals surface area contributed by atoms with Gasteiger partial charge in [-0.2, -0.15) is 0 Å². The fourth-order valence-electron chi connectivity index (χ4n) is 2.00. The van der Waals surface area contributed by atoms with Gasteiger partial charge in [0.25, 0.3) is 0 Å². The largest absolute Gasteiger partial charge is 0.493 e. The second-order valence-corrected chi connectivity index (χ2v) is 5.39. The maximum atomic E-state index is 11.7. The Morgan fingerprint density at radius 1 is 1.11 bits per heavy atom. The Hall–Kier alpha value is -1.59. The van der Waals surface area contributed by atoms with Gasteiger partial charge < -0.3 is 30.2 Å². The third kappa shape index (κ3) is 12.4. The van der Waals surface area contributed by atoms with Gasteiger partial charge in [0, 0.05) is 52.1 Å². The zero-order valence-electron chi connectivity index (χ0n) is 16.2. The minimum absolute atomic E-state index is 0. The Balaban J connectivity index is 0.00000676. The summed E-state index contributed by atoms with van der Waals surface area (Å²) >= 11 is 0. The lowest BCUT2D eigenvalue weighted by molar-refractivity contribution is -0.119. The number of ether oxygens (including phenoxy) is 3. The van der Waals surface area contributed by atoms with E-state index in [2.05, 4.69) is 20.9 Å². The number of benzene rings is 1. The first-order valence-corrected chi connectivity index (χ1v) is 8.72. The summed E-state index contributed by atoms with van der Waals surface area (Å²) in [5.74, 6) is 1.14. The predicted molar refractivity (Wildman–Crippen MR) is 118 cm³/mol. The van der Waals surface area contributed by atoms with Crippen molar-refractivity contribution in [2.24, 2.45) is 4.99 Å². The molecule has 0 aliphatic rings. The molecule has 0 fully saturated rings. The quantitative estimate of drug-likeness (QED) is 0.178. The number of nitrogens with one attached hydrogen (secondary N) is 3. The lowest BCUT2D eigenvalue weighted by Crippen LogP contribution is -2.34. The van der Waals surface area contributed by atoms with Gasteiger partial charge in [0.2, 0.25) is 5.91 Å². The molecule has 0 saturated heterocycles. The molecule has 154 valence electrons. The average Bonchev–Trinajstić information content (AvgIpc) is 2.64. The molecular formula is C18H31IN4O4. The van der Waals surface area contributed by atoms with Crippen LogP contribution in [0.4, 0.5) is 5.69 Å². The number of amides is 1. The molecule has 0 aliphatic heterocycles. The number of hydrogen-bond acceptors (Lipinski definition) is 5. The van der Waals surface area contributed by atoms with Gasteiger partial charge in [0.1, 0.15) is 12.3 Å². The number of guanidine groups is 1. The lowest BCUT2D eigenvalue weighted by atomic mass is 10.3. The molecule has 8 nitrogen and oxygen atoms in total. The molecule has 1 amide bonds. The summed E-state index contributed by atoms with van der Waals surface area (Å²) in [5.41, 5.74) is 0.828. The molecule has 0 spiro atoms. The second-order valence-electron chi connectivity index (χ2n) is 5.39. The summed E-state index contributed by atoms with van der Waals surface area (Å²) in [4.78, 5) is 16.0. The van der Waals surface area contributed by atoms with E-state index in [0.29, 0.717) is 38.9 Å². The number of carbonyl (C=O) groups excluding carboxylic acids is 1. The highest BCUT2D eigenvalue weighted by atomic mass is 127. The van der Waals surface area contributed by atoms with Gasteiger partial charge in [-0.15, -0.1) is 24.0 Å². The first-order chi connectivity index (χ1) is 12.7. The molecule has 1 rings (SSSR count). The van der Waals surface area contributed by atoms with E-state index in [-0.39, 0.29) is 36.4 Å². The summed E-state index contributed by atoms with van der Waals surface area (Å²) in [7, 11) is 3.26. The molecule has 0 unspecified atom stereocenters. The zero-order valence-corrected chi connectivity index (χ0v) is 18.6. The Morgan fingerprint density at radius 2 is 1.89 bits per heavy atom. The lowest BCUT2D eigenvalue weighted by Gasteiger charge is -2.13. The van der Waals surface area contributed by atoms with E-state index in [1.54, 1.807) is 14.2 Å². The number of halogens is 1. The first-order valence-electron chi connectivity index (χ1n) is 8.72. The van der Waals surface area contributed by atoms with E-state index >= 15 is 0 Å². The second kappa shape index (κ2) is 16.6. The van der Waals surface area contributed by atoms with E-state index in [0.717, 1.165) is 17.9 Å². The zero-order chi connectivity index (χ0) is 19.0. The third-order valence-corrected chi connectivity index (χ3v) is 3.21. The normalized spacial score (nSPS) is 10.7. The highest BCUT2D eigenvalue weighted by Crippen LogP contribution is 2.17. The van der Waals surface area contributed by atoms with Gasteiger partial charge in [0.05, 0.1) is 13.2 Å². The van der Waals surface area contributed by atoms with E-state index in [9.17, 15) is 4.79 Å². The fraction of sp³-hybridized carbons (Fsp3) is 0.556. The van der Waals surface area contributed by atoms with E-state index < -0.39 is 0 Å². The Morgan fingerprint density at radius 3 is 2.59 bits per heavy atom. The fourth-order valence-corrected chi connectivity index (χ4v) is 2.00. The minimum atomic E-state index is -0.158. The Kier molecular flexibility index (Phi) is 15.6. The van der Waals surface area contributed by atoms with Crippen LogP contribution in [0.1, 0.15) is 13.3 Å². The number of methoxy groups -OCH3 is 2. The van der Waals surface area contributed by atoms with Gasteiger partial charge in [-0.05, 0) is 19.1 Å². The molecule has 1 aromatic rings. The highest BCUT2D eigenvalue weighted by molar-refractivity contribution is 14.0. The van der Waals surface area contributed by atoms with Crippen molar-refractivity contribution in [2.45, 2.75) is 13.3 Å². The predicted octanol–water partition coefficient (Wildman–Crippen LogP) is 1.86. The van der Waals surface area contributed by atoms with Gasteiger partial charge in [-0.1, -0.05) is 6.07 Å². The van der Waals surface area contributed by atoms with Crippen molar-refractivity contribution in [1.82, 2.24) is 10.6 Å². The number of hydrogen-bond donors (Lipinski definition) is 3. The van der Waals surface area contributed by atoms with Gasteiger partial charge in [0.15, 0.2) is 5.96 Å². The molecule has 0 atom stereocenters. The van der Waals surface area contributed by atoms with Crippen molar-refractivity contribution in [2.75, 3.05) is 59.0 Å². The summed E-state index contributed by atoms with van der Waals surface area (Å²) in [6.07, 6.45) is 0.830. The highest BCUT2D eigenvalue weighted by Gasteiger charge is 2.04. The third-order valence-electron chi connectivity index (χ3n) is 3.21. The molecule has 0 radical (unpaired) electrons. The van der Waals surface area contributed by atoms with Crippen LogP contribution in [0.2, 0.25) is 0 Å². The van der Waals surface area contributed by atoms with Crippen LogP contribution in [0.25, 0.3) is 0 Å². The van der Waals surface area contributed by atoms with Crippen molar-refractivity contribution in [1.29, 1.82) is 0 Å². The van der Waals surface area contributed by atoms with Crippen molar-refractivity contribution in [3.63, 3.8) is 0 Å². The van der Waals surface area contributed by atoms with Gasteiger partial charge in [-0.25, -0.2) is 4.99 Å². The number of nitrogens with zero attached hydrogens (tertiary/aromatic N) is 1. The molecule has 0 aliphatic carbocycles. The average molecular weight is 494 g/mol. The van der Waals surface area contributed by atoms with Crippen LogP contribution in [-0.2, 0) is 14.3 Å². The minimum Gasteiger partial charge on any atom is -0.493 e. The summed E-state index contributed by atoms with van der Waals surface area (Å²) in [5, 5.41) is 9.01. The molecule has 0 saturated carbocycles. The van der Waals surface area contributed by atoms with Crippen molar-refractivity contribution in [3.8, 4) is 5.75 Å². The van der Waals surface area contributed by atoms with Crippen LogP contribution < -0.4 is 20.7 Å². The SMILES string of the molecule is CCNC(=NCC(=O)NCCOC)Nc1cccc(OCCCOC)c1.I. The summed E-state index contributed by atoms with van der Waals surface area (Å²) in [6.45, 7) is 4.89. The maximum Gasteiger partial charge on any atom is 0.241 e. The summed E-state index contributed by atoms with van der Waals surface area (Å²) < 4.78 is 15.6. The standard InChI is InChI=1S/C18H30N4O4.HI/c1-4-19-18(21-14-17(23)20-9-12-25-3)22-15-7-5-8-16(13-15)26-11-6-10-24-2;/h5,7-8,13H,4,6,9-12,14H2,1-3H3,(H,20,23)(H2,19,21,22);1H. The first kappa shape index (κ1) is 25.4. The smallest absolute Gasteiger partial charge is 0.241 e. The molecule has 27 heavy (non-hydrogen) atoms. The van der Waals surface area contributed by atoms with E-state index in [1.165, 1.54) is 0 Å². The van der Waals surface area contributed by atoms with Crippen LogP contribution in [0.3, 0.4) is 0 Å². The summed E-state index contributed by atoms with van der Waals surface area (Å²) in [6, 6.07) is 7.59. The Bertz CT molecular complexity index is 558. The molecule has 9 heteroatoms. The molecular weight excluding hydrogens is 463 g/mol. The van der Waals surface area contributed by atoms with E-state index in [1.807, 2.05) is 31.2 Å². The number of anilines is 1. The molecule has 0 heterocycles. The van der Waals surface area contributed by atoms with Crippen molar-refractivity contribution >= 4 is 41.5 Å². The maximum absolute atomic E-state index is 11.7. The van der Waals surface area contributed by atoms with Crippen LogP contribution in [0, 0.1) is 0 Å². The Labute approximate surface area is 178 Å². The van der Waals surface area contributed by atoms with Crippen LogP contribution in [-0.4, -0.2) is 65.5 Å². The number of carbonyl (C=O) groups is 1. The van der Waals surface area contributed by atoms with E-state index in [4.69, 9.17) is 14.2 Å². The molecule has 0 aromatic heterocycles. The van der Waals surface area contributed by atoms with Crippen LogP contribution in [0.15, 0.2) is 29.3 Å². The van der Waals surface area contributed by atoms with Crippen LogP contribution >= 0.6 is 24.0 Å². The topological polar surface area (TPSA) is 93.2 Å². The van der Waals surface area contributed by atoms with Crippen LogP contribution in [0.5, 0.6) is 5.75 Å². The van der Waals surface area contributed by atoms with Gasteiger partial charge in [-0.3, -0.25) is 4.79 Å². The van der Waals surface area contributed by atoms with Gasteiger partial charge >= 0.3 is 0 Å². The number of aliphatic imine (C=N–C) groups is 1. The van der Waals surface area contributed by atoms with Crippen molar-refractivity contribution in [3.05, 3.63) is 24.3 Å². The number of rotatable bonds is 12.